The largest absolute Gasteiger partial charge is 0.299 e. The summed E-state index contributed by atoms with van der Waals surface area (Å²) >= 11 is 0. The Labute approximate surface area is 93.2 Å². The van der Waals surface area contributed by atoms with Gasteiger partial charge in [0.15, 0.2) is 0 Å². The molecule has 0 aliphatic carbocycles. The summed E-state index contributed by atoms with van der Waals surface area (Å²) in [5, 5.41) is 0. The Morgan fingerprint density at radius 2 is 1.87 bits per heavy atom. The van der Waals surface area contributed by atoms with E-state index in [4.69, 9.17) is 0 Å². The second kappa shape index (κ2) is 5.81. The number of Topliss-reactive ketones (excluding diaryl/α,β-unsaturated/α-hetero) is 1. The molecule has 2 nitrogen and oxygen atoms in total. The van der Waals surface area contributed by atoms with Crippen LogP contribution in [-0.2, 0) is 15.6 Å². The number of benzene rings is 1. The molecule has 1 aromatic carbocycles. The van der Waals surface area contributed by atoms with Crippen LogP contribution in [0.1, 0.15) is 20.3 Å². The second-order valence-electron chi connectivity index (χ2n) is 3.94. The van der Waals surface area contributed by atoms with Crippen molar-refractivity contribution < 1.29 is 9.00 Å². The first-order chi connectivity index (χ1) is 7.09. The molecule has 0 aromatic heterocycles. The molecular weight excluding hydrogens is 208 g/mol. The van der Waals surface area contributed by atoms with Crippen LogP contribution < -0.4 is 0 Å². The van der Waals surface area contributed by atoms with Crippen molar-refractivity contribution in [3.8, 4) is 0 Å². The second-order valence-corrected chi connectivity index (χ2v) is 5.39. The molecule has 82 valence electrons. The van der Waals surface area contributed by atoms with Crippen molar-refractivity contribution in [2.24, 2.45) is 5.92 Å². The highest BCUT2D eigenvalue weighted by molar-refractivity contribution is 7.85. The van der Waals surface area contributed by atoms with E-state index in [1.54, 1.807) is 12.1 Å². The van der Waals surface area contributed by atoms with Crippen molar-refractivity contribution in [2.45, 2.75) is 25.2 Å². The van der Waals surface area contributed by atoms with Crippen LogP contribution >= 0.6 is 0 Å². The van der Waals surface area contributed by atoms with Crippen LogP contribution in [0.5, 0.6) is 0 Å². The van der Waals surface area contributed by atoms with Gasteiger partial charge < -0.3 is 0 Å². The number of ketones is 1. The van der Waals surface area contributed by atoms with E-state index < -0.39 is 10.8 Å². The minimum Gasteiger partial charge on any atom is -0.299 e. The van der Waals surface area contributed by atoms with Crippen molar-refractivity contribution in [1.29, 1.82) is 0 Å². The van der Waals surface area contributed by atoms with Crippen molar-refractivity contribution in [2.75, 3.05) is 5.75 Å². The highest BCUT2D eigenvalue weighted by Crippen LogP contribution is 2.08. The lowest BCUT2D eigenvalue weighted by Crippen LogP contribution is -2.12. The van der Waals surface area contributed by atoms with E-state index >= 15 is 0 Å². The lowest BCUT2D eigenvalue weighted by Gasteiger charge is -2.03. The van der Waals surface area contributed by atoms with E-state index in [2.05, 4.69) is 0 Å². The maximum atomic E-state index is 11.7. The molecule has 0 aliphatic heterocycles. The van der Waals surface area contributed by atoms with Crippen molar-refractivity contribution in [3.05, 3.63) is 30.3 Å². The summed E-state index contributed by atoms with van der Waals surface area (Å²) in [6, 6.07) is 9.12. The highest BCUT2D eigenvalue weighted by Gasteiger charge is 2.11. The summed E-state index contributed by atoms with van der Waals surface area (Å²) in [7, 11) is -1.18. The zero-order chi connectivity index (χ0) is 11.3. The Kier molecular flexibility index (Phi) is 4.69. The molecule has 0 radical (unpaired) electrons. The van der Waals surface area contributed by atoms with Crippen LogP contribution in [0.2, 0.25) is 0 Å². The Morgan fingerprint density at radius 3 is 2.40 bits per heavy atom. The Balaban J connectivity index is 2.53. The van der Waals surface area contributed by atoms with Gasteiger partial charge in [0, 0.05) is 11.3 Å². The first kappa shape index (κ1) is 12.1. The molecule has 1 rings (SSSR count). The fraction of sp³-hybridized carbons (Fsp3) is 0.417. The summed E-state index contributed by atoms with van der Waals surface area (Å²) in [5.41, 5.74) is 0. The molecule has 0 spiro atoms. The van der Waals surface area contributed by atoms with Gasteiger partial charge in [0.05, 0.1) is 16.6 Å². The normalized spacial score (nSPS) is 12.7. The third-order valence-corrected chi connectivity index (χ3v) is 3.32. The summed E-state index contributed by atoms with van der Waals surface area (Å²) in [4.78, 5) is 12.2. The fourth-order valence-corrected chi connectivity index (χ4v) is 2.35. The predicted molar refractivity (Wildman–Crippen MR) is 62.2 cm³/mol. The molecule has 1 aromatic rings. The molecule has 0 aliphatic rings. The minimum absolute atomic E-state index is 0.0761. The zero-order valence-electron chi connectivity index (χ0n) is 9.10. The van der Waals surface area contributed by atoms with Crippen LogP contribution in [0.25, 0.3) is 0 Å². The van der Waals surface area contributed by atoms with Gasteiger partial charge in [-0.2, -0.15) is 0 Å². The van der Waals surface area contributed by atoms with Crippen molar-refractivity contribution >= 4 is 16.6 Å². The van der Waals surface area contributed by atoms with E-state index in [9.17, 15) is 9.00 Å². The lowest BCUT2D eigenvalue weighted by molar-refractivity contribution is -0.117. The standard InChI is InChI=1S/C12H16O2S/c1-10(2)8-11(13)9-15(14)12-6-4-3-5-7-12/h3-7,10H,8-9H2,1-2H3. The Hall–Kier alpha value is -0.960. The molecular formula is C12H16O2S. The van der Waals surface area contributed by atoms with Crippen LogP contribution in [0.4, 0.5) is 0 Å². The smallest absolute Gasteiger partial charge is 0.145 e. The fourth-order valence-electron chi connectivity index (χ4n) is 1.32. The highest BCUT2D eigenvalue weighted by atomic mass is 32.2. The SMILES string of the molecule is CC(C)CC(=O)CS(=O)c1ccccc1. The number of hydrogen-bond donors (Lipinski definition) is 0. The number of carbonyl (C=O) groups excluding carboxylic acids is 1. The van der Waals surface area contributed by atoms with Gasteiger partial charge in [0.1, 0.15) is 5.78 Å². The van der Waals surface area contributed by atoms with Gasteiger partial charge in [0.25, 0.3) is 0 Å². The van der Waals surface area contributed by atoms with E-state index in [1.807, 2.05) is 32.0 Å². The predicted octanol–water partition coefficient (Wildman–Crippen LogP) is 2.41. The van der Waals surface area contributed by atoms with E-state index in [0.29, 0.717) is 12.3 Å². The van der Waals surface area contributed by atoms with Gasteiger partial charge >= 0.3 is 0 Å². The summed E-state index contributed by atoms with van der Waals surface area (Å²) < 4.78 is 11.7. The summed E-state index contributed by atoms with van der Waals surface area (Å²) in [6.07, 6.45) is 0.512. The zero-order valence-corrected chi connectivity index (χ0v) is 9.92. The van der Waals surface area contributed by atoms with E-state index in [1.165, 1.54) is 0 Å². The molecule has 1 atom stereocenters. The van der Waals surface area contributed by atoms with Gasteiger partial charge in [-0.25, -0.2) is 0 Å². The van der Waals surface area contributed by atoms with Gasteiger partial charge in [-0.05, 0) is 18.1 Å². The third-order valence-electron chi connectivity index (χ3n) is 1.93. The van der Waals surface area contributed by atoms with Crippen molar-refractivity contribution in [3.63, 3.8) is 0 Å². The molecule has 0 amide bonds. The third kappa shape index (κ3) is 4.38. The van der Waals surface area contributed by atoms with Crippen LogP contribution in [0, 0.1) is 5.92 Å². The monoisotopic (exact) mass is 224 g/mol. The van der Waals surface area contributed by atoms with Crippen LogP contribution in [0.15, 0.2) is 35.2 Å². The molecule has 0 heterocycles. The molecule has 0 fully saturated rings. The lowest BCUT2D eigenvalue weighted by atomic mass is 10.1. The first-order valence-corrected chi connectivity index (χ1v) is 6.36. The van der Waals surface area contributed by atoms with E-state index in [-0.39, 0.29) is 11.5 Å². The molecule has 0 N–H and O–H groups in total. The first-order valence-electron chi connectivity index (χ1n) is 5.04. The Bertz CT molecular complexity index is 344. The van der Waals surface area contributed by atoms with Crippen LogP contribution in [0.3, 0.4) is 0 Å². The van der Waals surface area contributed by atoms with E-state index in [0.717, 1.165) is 4.90 Å². The summed E-state index contributed by atoms with van der Waals surface area (Å²) in [5.74, 6) is 0.555. The summed E-state index contributed by atoms with van der Waals surface area (Å²) in [6.45, 7) is 3.98. The van der Waals surface area contributed by atoms with Gasteiger partial charge in [0.2, 0.25) is 0 Å². The molecule has 0 bridgehead atoms. The molecule has 1 unspecified atom stereocenters. The maximum Gasteiger partial charge on any atom is 0.145 e. The average molecular weight is 224 g/mol. The van der Waals surface area contributed by atoms with Gasteiger partial charge in [-0.15, -0.1) is 0 Å². The number of carbonyl (C=O) groups is 1. The Morgan fingerprint density at radius 1 is 1.27 bits per heavy atom. The number of hydrogen-bond acceptors (Lipinski definition) is 2. The average Bonchev–Trinajstić information content (AvgIpc) is 2.17. The molecule has 0 saturated heterocycles. The minimum atomic E-state index is -1.18. The molecule has 15 heavy (non-hydrogen) atoms. The van der Waals surface area contributed by atoms with Gasteiger partial charge in [-0.3, -0.25) is 9.00 Å². The van der Waals surface area contributed by atoms with Crippen molar-refractivity contribution in [1.82, 2.24) is 0 Å². The topological polar surface area (TPSA) is 34.1 Å². The molecule has 0 saturated carbocycles. The van der Waals surface area contributed by atoms with Crippen LogP contribution in [-0.4, -0.2) is 15.7 Å². The maximum absolute atomic E-state index is 11.7. The molecule has 3 heteroatoms. The quantitative estimate of drug-likeness (QED) is 0.769. The van der Waals surface area contributed by atoms with Gasteiger partial charge in [-0.1, -0.05) is 32.0 Å². The number of rotatable bonds is 5.